The highest BCUT2D eigenvalue weighted by Gasteiger charge is 2.30. The van der Waals surface area contributed by atoms with Crippen molar-refractivity contribution in [3.63, 3.8) is 0 Å². The molecule has 0 heterocycles. The molecule has 0 fully saturated rings. The van der Waals surface area contributed by atoms with Gasteiger partial charge in [-0.3, -0.25) is 37.3 Å². The fourth-order valence-corrected chi connectivity index (χ4v) is 11.2. The number of aliphatic hydroxyl groups excluding tert-OH is 1. The number of esters is 4. The van der Waals surface area contributed by atoms with Crippen LogP contribution in [0.2, 0.25) is 0 Å². The molecule has 0 spiro atoms. The molecule has 0 aromatic rings. The lowest BCUT2D eigenvalue weighted by atomic mass is 10.0. The lowest BCUT2D eigenvalue weighted by molar-refractivity contribution is -0.161. The summed E-state index contributed by atoms with van der Waals surface area (Å²) >= 11 is 0. The second-order valence-corrected chi connectivity index (χ2v) is 27.8. The third-order valence-corrected chi connectivity index (χ3v) is 16.8. The lowest BCUT2D eigenvalue weighted by Crippen LogP contribution is -2.30. The molecule has 498 valence electrons. The Morgan fingerprint density at radius 3 is 0.810 bits per heavy atom. The average molecular weight is 1240 g/mol. The quantitative estimate of drug-likeness (QED) is 0.0222. The summed E-state index contributed by atoms with van der Waals surface area (Å²) < 4.78 is 68.0. The maximum Gasteiger partial charge on any atom is 0.472 e. The molecule has 0 amide bonds. The lowest BCUT2D eigenvalue weighted by Gasteiger charge is -2.21. The van der Waals surface area contributed by atoms with Gasteiger partial charge in [0, 0.05) is 25.7 Å². The molecule has 0 saturated carbocycles. The number of phosphoric acid groups is 2. The Morgan fingerprint density at radius 2 is 0.548 bits per heavy atom. The maximum atomic E-state index is 13.0. The van der Waals surface area contributed by atoms with Gasteiger partial charge in [0.1, 0.15) is 19.3 Å². The van der Waals surface area contributed by atoms with E-state index in [-0.39, 0.29) is 25.7 Å². The van der Waals surface area contributed by atoms with Gasteiger partial charge in [-0.1, -0.05) is 267 Å². The smallest absolute Gasteiger partial charge is 0.462 e. The first-order chi connectivity index (χ1) is 40.2. The number of ether oxygens (including phenoxy) is 4. The normalized spacial score (nSPS) is 14.3. The van der Waals surface area contributed by atoms with Gasteiger partial charge in [-0.2, -0.15) is 0 Å². The highest BCUT2D eigenvalue weighted by molar-refractivity contribution is 7.47. The van der Waals surface area contributed by atoms with Gasteiger partial charge in [0.05, 0.1) is 26.4 Å². The van der Waals surface area contributed by atoms with Crippen LogP contribution in [0.3, 0.4) is 0 Å². The Kier molecular flexibility index (Phi) is 55.0. The number of phosphoric ester groups is 2. The zero-order valence-corrected chi connectivity index (χ0v) is 56.1. The van der Waals surface area contributed by atoms with Crippen LogP contribution in [0, 0.1) is 17.8 Å². The molecular formula is C65H126O17P2. The van der Waals surface area contributed by atoms with Crippen molar-refractivity contribution in [2.24, 2.45) is 17.8 Å². The molecule has 0 aromatic heterocycles. The minimum Gasteiger partial charge on any atom is -0.462 e. The van der Waals surface area contributed by atoms with Crippen molar-refractivity contribution < 1.29 is 80.2 Å². The van der Waals surface area contributed by atoms with Crippen LogP contribution in [0.5, 0.6) is 0 Å². The van der Waals surface area contributed by atoms with Crippen LogP contribution in [0.25, 0.3) is 0 Å². The molecular weight excluding hydrogens is 1110 g/mol. The minimum absolute atomic E-state index is 0.103. The number of hydrogen-bond donors (Lipinski definition) is 3. The van der Waals surface area contributed by atoms with Crippen molar-refractivity contribution in [2.45, 2.75) is 336 Å². The Labute approximate surface area is 511 Å². The van der Waals surface area contributed by atoms with Gasteiger partial charge in [-0.15, -0.1) is 0 Å². The Morgan fingerprint density at radius 1 is 0.321 bits per heavy atom. The molecule has 17 nitrogen and oxygen atoms in total. The first-order valence-electron chi connectivity index (χ1n) is 33.8. The molecule has 3 N–H and O–H groups in total. The zero-order chi connectivity index (χ0) is 62.4. The second-order valence-electron chi connectivity index (χ2n) is 24.9. The fourth-order valence-electron chi connectivity index (χ4n) is 9.66. The Hall–Kier alpha value is -1.94. The molecule has 0 rings (SSSR count). The molecule has 5 atom stereocenters. The predicted molar refractivity (Wildman–Crippen MR) is 335 cm³/mol. The van der Waals surface area contributed by atoms with Crippen molar-refractivity contribution in [1.29, 1.82) is 0 Å². The van der Waals surface area contributed by atoms with Gasteiger partial charge in [0.2, 0.25) is 0 Å². The van der Waals surface area contributed by atoms with E-state index < -0.39 is 97.5 Å². The van der Waals surface area contributed by atoms with Crippen molar-refractivity contribution in [2.75, 3.05) is 39.6 Å². The molecule has 0 aliphatic rings. The van der Waals surface area contributed by atoms with Crippen molar-refractivity contribution in [3.05, 3.63) is 0 Å². The number of carbonyl (C=O) groups is 4. The van der Waals surface area contributed by atoms with Crippen LogP contribution < -0.4 is 0 Å². The molecule has 84 heavy (non-hydrogen) atoms. The molecule has 19 heteroatoms. The van der Waals surface area contributed by atoms with Gasteiger partial charge < -0.3 is 33.8 Å². The van der Waals surface area contributed by atoms with E-state index in [9.17, 15) is 43.2 Å². The van der Waals surface area contributed by atoms with Crippen LogP contribution in [-0.4, -0.2) is 96.7 Å². The second kappa shape index (κ2) is 56.3. The average Bonchev–Trinajstić information content (AvgIpc) is 3.57. The minimum atomic E-state index is -4.95. The van der Waals surface area contributed by atoms with E-state index in [1.807, 2.05) is 0 Å². The van der Waals surface area contributed by atoms with Crippen molar-refractivity contribution in [3.8, 4) is 0 Å². The van der Waals surface area contributed by atoms with E-state index in [0.29, 0.717) is 31.6 Å². The van der Waals surface area contributed by atoms with Crippen molar-refractivity contribution in [1.82, 2.24) is 0 Å². The van der Waals surface area contributed by atoms with Gasteiger partial charge in [0.25, 0.3) is 0 Å². The summed E-state index contributed by atoms with van der Waals surface area (Å²) in [5.41, 5.74) is 0. The topological polar surface area (TPSA) is 237 Å². The summed E-state index contributed by atoms with van der Waals surface area (Å²) in [5.74, 6) is 0.0143. The van der Waals surface area contributed by atoms with Crippen LogP contribution in [0.1, 0.15) is 318 Å². The highest BCUT2D eigenvalue weighted by atomic mass is 31.2. The molecule has 0 aliphatic carbocycles. The summed E-state index contributed by atoms with van der Waals surface area (Å²) in [4.78, 5) is 72.3. The standard InChI is InChI=1S/C65H126O17P2/c1-8-9-10-11-12-13-14-15-16-26-34-41-48-64(69)81-60(52-75-62(67)46-39-32-25-19-17-22-29-36-43-56(2)3)54-79-83(71,72)77-50-59(66)51-78-84(73,74)80-55-61(53-76-63(68)47-40-33-28-21-24-31-38-45-58(6)7)82-65(70)49-42-35-27-20-18-23-30-37-44-57(4)5/h56-61,66H,8-55H2,1-7H3,(H,71,72)(H,73,74)/t59-,60-,61-/m1/s1. The highest BCUT2D eigenvalue weighted by Crippen LogP contribution is 2.45. The summed E-state index contributed by atoms with van der Waals surface area (Å²) in [6.07, 6.45) is 37.7. The molecule has 0 aromatic carbocycles. The molecule has 0 radical (unpaired) electrons. The number of hydrogen-bond acceptors (Lipinski definition) is 15. The molecule has 2 unspecified atom stereocenters. The third-order valence-electron chi connectivity index (χ3n) is 14.9. The van der Waals surface area contributed by atoms with Crippen molar-refractivity contribution >= 4 is 39.5 Å². The maximum absolute atomic E-state index is 13.0. The number of unbranched alkanes of at least 4 members (excludes halogenated alkanes) is 31. The van der Waals surface area contributed by atoms with Gasteiger partial charge >= 0.3 is 39.5 Å². The van der Waals surface area contributed by atoms with Gasteiger partial charge in [-0.25, -0.2) is 9.13 Å². The largest absolute Gasteiger partial charge is 0.472 e. The van der Waals surface area contributed by atoms with E-state index in [1.165, 1.54) is 122 Å². The SMILES string of the molecule is CCCCCCCCCCCCCCC(=O)O[C@H](COC(=O)CCCCCCCCCCC(C)C)COP(=O)(O)OC[C@@H](O)COP(=O)(O)OC[C@@H](COC(=O)CCCCCCCCCC(C)C)OC(=O)CCCCCCCCCCC(C)C. The summed E-state index contributed by atoms with van der Waals surface area (Å²) in [6, 6.07) is 0. The molecule has 0 aliphatic heterocycles. The summed E-state index contributed by atoms with van der Waals surface area (Å²) in [5, 5.41) is 10.5. The van der Waals surface area contributed by atoms with E-state index in [1.54, 1.807) is 0 Å². The van der Waals surface area contributed by atoms with E-state index in [4.69, 9.17) is 37.0 Å². The van der Waals surface area contributed by atoms with Crippen LogP contribution >= 0.6 is 15.6 Å². The van der Waals surface area contributed by atoms with Gasteiger partial charge in [-0.05, 0) is 43.4 Å². The summed E-state index contributed by atoms with van der Waals surface area (Å²) in [7, 11) is -9.89. The number of carbonyl (C=O) groups excluding carboxylic acids is 4. The molecule has 0 bridgehead atoms. The van der Waals surface area contributed by atoms with Crippen LogP contribution in [-0.2, 0) is 65.4 Å². The first kappa shape index (κ1) is 82.1. The number of aliphatic hydroxyl groups is 1. The Bertz CT molecular complexity index is 1660. The zero-order valence-electron chi connectivity index (χ0n) is 54.4. The first-order valence-corrected chi connectivity index (χ1v) is 36.8. The molecule has 0 saturated heterocycles. The van der Waals surface area contributed by atoms with E-state index >= 15 is 0 Å². The fraction of sp³-hybridized carbons (Fsp3) is 0.938. The van der Waals surface area contributed by atoms with E-state index in [0.717, 1.165) is 108 Å². The Balaban J connectivity index is 5.25. The summed E-state index contributed by atoms with van der Waals surface area (Å²) in [6.45, 7) is 11.7. The van der Waals surface area contributed by atoms with Gasteiger partial charge in [0.15, 0.2) is 12.2 Å². The van der Waals surface area contributed by atoms with Crippen LogP contribution in [0.4, 0.5) is 0 Å². The third kappa shape index (κ3) is 59.0. The monoisotopic (exact) mass is 1240 g/mol. The van der Waals surface area contributed by atoms with E-state index in [2.05, 4.69) is 48.5 Å². The van der Waals surface area contributed by atoms with Crippen LogP contribution in [0.15, 0.2) is 0 Å². The number of rotatable bonds is 63. The predicted octanol–water partition coefficient (Wildman–Crippen LogP) is 17.9.